The van der Waals surface area contributed by atoms with Gasteiger partial charge in [-0.3, -0.25) is 15.5 Å². The number of fused-ring (bicyclic) bond motifs is 1. The van der Waals surface area contributed by atoms with Crippen molar-refractivity contribution in [2.24, 2.45) is 0 Å². The summed E-state index contributed by atoms with van der Waals surface area (Å²) in [5, 5.41) is 12.8. The standard InChI is InChI=1S/C9H8N4OS/c10-8(11-5-14)13-9-12-6-3-1-2-4-7(6)15-9/h1-5H,(H3,10,11,12,13,14). The zero-order chi connectivity index (χ0) is 10.7. The highest BCUT2D eigenvalue weighted by Gasteiger charge is 2.03. The summed E-state index contributed by atoms with van der Waals surface area (Å²) in [6, 6.07) is 7.68. The molecule has 0 bridgehead atoms. The van der Waals surface area contributed by atoms with Gasteiger partial charge in [0.1, 0.15) is 0 Å². The molecule has 1 aromatic carbocycles. The SMILES string of the molecule is N=C(NC=O)Nc1nc2ccccc2s1. The third-order valence-electron chi connectivity index (χ3n) is 1.73. The van der Waals surface area contributed by atoms with Crippen molar-refractivity contribution in [3.8, 4) is 0 Å². The minimum Gasteiger partial charge on any atom is -0.302 e. The Hall–Kier alpha value is -1.95. The number of hydrogen-bond acceptors (Lipinski definition) is 4. The average molecular weight is 220 g/mol. The Bertz CT molecular complexity index is 475. The Kier molecular flexibility index (Phi) is 2.59. The van der Waals surface area contributed by atoms with Crippen LogP contribution in [0.2, 0.25) is 0 Å². The number of carbonyl (C=O) groups is 1. The fraction of sp³-hybridized carbons (Fsp3) is 0. The molecule has 0 fully saturated rings. The van der Waals surface area contributed by atoms with E-state index >= 15 is 0 Å². The number of anilines is 1. The normalized spacial score (nSPS) is 9.87. The highest BCUT2D eigenvalue weighted by Crippen LogP contribution is 2.24. The van der Waals surface area contributed by atoms with Crippen molar-refractivity contribution < 1.29 is 4.79 Å². The molecule has 2 rings (SSSR count). The molecule has 1 amide bonds. The van der Waals surface area contributed by atoms with Crippen LogP contribution >= 0.6 is 11.3 Å². The van der Waals surface area contributed by atoms with Crippen molar-refractivity contribution >= 4 is 39.1 Å². The van der Waals surface area contributed by atoms with Gasteiger partial charge in [-0.25, -0.2) is 4.98 Å². The largest absolute Gasteiger partial charge is 0.302 e. The number of hydrogen-bond donors (Lipinski definition) is 3. The van der Waals surface area contributed by atoms with Crippen LogP contribution in [0.5, 0.6) is 0 Å². The summed E-state index contributed by atoms with van der Waals surface area (Å²) >= 11 is 1.43. The third kappa shape index (κ3) is 2.10. The Morgan fingerprint density at radius 2 is 2.27 bits per heavy atom. The average Bonchev–Trinajstić information content (AvgIpc) is 2.59. The van der Waals surface area contributed by atoms with E-state index in [1.54, 1.807) is 0 Å². The third-order valence-corrected chi connectivity index (χ3v) is 2.68. The summed E-state index contributed by atoms with van der Waals surface area (Å²) in [4.78, 5) is 14.3. The van der Waals surface area contributed by atoms with Crippen molar-refractivity contribution in [3.63, 3.8) is 0 Å². The minimum absolute atomic E-state index is 0.0796. The van der Waals surface area contributed by atoms with Crippen LogP contribution in [0.15, 0.2) is 24.3 Å². The lowest BCUT2D eigenvalue weighted by atomic mass is 10.3. The monoisotopic (exact) mass is 220 g/mol. The smallest absolute Gasteiger partial charge is 0.213 e. The second-order valence-electron chi connectivity index (χ2n) is 2.75. The van der Waals surface area contributed by atoms with Crippen molar-refractivity contribution in [2.45, 2.75) is 0 Å². The number of nitrogens with zero attached hydrogens (tertiary/aromatic N) is 1. The van der Waals surface area contributed by atoms with Crippen LogP contribution in [-0.4, -0.2) is 17.4 Å². The van der Waals surface area contributed by atoms with E-state index in [0.717, 1.165) is 10.2 Å². The summed E-state index contributed by atoms with van der Waals surface area (Å²) in [5.74, 6) is -0.0796. The number of amides is 1. The number of rotatable bonds is 2. The van der Waals surface area contributed by atoms with E-state index in [9.17, 15) is 4.79 Å². The molecule has 0 aliphatic rings. The minimum atomic E-state index is -0.0796. The van der Waals surface area contributed by atoms with Crippen LogP contribution in [-0.2, 0) is 4.79 Å². The molecule has 0 aliphatic carbocycles. The summed E-state index contributed by atoms with van der Waals surface area (Å²) in [7, 11) is 0. The van der Waals surface area contributed by atoms with Crippen molar-refractivity contribution in [1.82, 2.24) is 10.3 Å². The molecule has 15 heavy (non-hydrogen) atoms. The summed E-state index contributed by atoms with van der Waals surface area (Å²) in [5.41, 5.74) is 0.879. The van der Waals surface area contributed by atoms with Gasteiger partial charge in [-0.2, -0.15) is 0 Å². The molecule has 1 heterocycles. The Morgan fingerprint density at radius 1 is 1.47 bits per heavy atom. The van der Waals surface area contributed by atoms with Gasteiger partial charge in [-0.05, 0) is 12.1 Å². The number of thiazole rings is 1. The van der Waals surface area contributed by atoms with Crippen LogP contribution < -0.4 is 10.6 Å². The topological polar surface area (TPSA) is 77.9 Å². The van der Waals surface area contributed by atoms with Crippen LogP contribution in [0.3, 0.4) is 0 Å². The van der Waals surface area contributed by atoms with Gasteiger partial charge < -0.3 is 5.32 Å². The molecule has 6 heteroatoms. The molecule has 2 aromatic rings. The molecule has 0 spiro atoms. The van der Waals surface area contributed by atoms with Gasteiger partial charge in [0.2, 0.25) is 12.4 Å². The number of aromatic nitrogens is 1. The zero-order valence-corrected chi connectivity index (χ0v) is 8.47. The van der Waals surface area contributed by atoms with Crippen molar-refractivity contribution in [3.05, 3.63) is 24.3 Å². The molecule has 0 saturated carbocycles. The lowest BCUT2D eigenvalue weighted by Gasteiger charge is -2.00. The van der Waals surface area contributed by atoms with Crippen molar-refractivity contribution in [2.75, 3.05) is 5.32 Å². The van der Waals surface area contributed by atoms with E-state index in [-0.39, 0.29) is 5.96 Å². The second-order valence-corrected chi connectivity index (χ2v) is 3.78. The zero-order valence-electron chi connectivity index (χ0n) is 7.65. The van der Waals surface area contributed by atoms with Crippen LogP contribution in [0.1, 0.15) is 0 Å². The summed E-state index contributed by atoms with van der Waals surface area (Å²) in [6.07, 6.45) is 0.447. The fourth-order valence-electron chi connectivity index (χ4n) is 1.13. The van der Waals surface area contributed by atoms with E-state index in [2.05, 4.69) is 15.6 Å². The Morgan fingerprint density at radius 3 is 3.00 bits per heavy atom. The van der Waals surface area contributed by atoms with Gasteiger partial charge >= 0.3 is 0 Å². The second kappa shape index (κ2) is 4.05. The number of guanidine groups is 1. The van der Waals surface area contributed by atoms with E-state index in [1.165, 1.54) is 11.3 Å². The highest BCUT2D eigenvalue weighted by molar-refractivity contribution is 7.22. The first-order valence-corrected chi connectivity index (χ1v) is 5.02. The number of nitrogens with one attached hydrogen (secondary N) is 3. The molecule has 0 radical (unpaired) electrons. The van der Waals surface area contributed by atoms with E-state index in [4.69, 9.17) is 5.41 Å². The molecule has 0 aliphatic heterocycles. The lowest BCUT2D eigenvalue weighted by molar-refractivity contribution is -0.108. The number of para-hydroxylation sites is 1. The van der Waals surface area contributed by atoms with E-state index in [0.29, 0.717) is 11.5 Å². The summed E-state index contributed by atoms with van der Waals surface area (Å²) in [6.45, 7) is 0. The molecular weight excluding hydrogens is 212 g/mol. The Balaban J connectivity index is 2.22. The van der Waals surface area contributed by atoms with Crippen molar-refractivity contribution in [1.29, 1.82) is 5.41 Å². The van der Waals surface area contributed by atoms with Crippen LogP contribution in [0, 0.1) is 5.41 Å². The maximum absolute atomic E-state index is 10.1. The first-order valence-electron chi connectivity index (χ1n) is 4.21. The maximum Gasteiger partial charge on any atom is 0.213 e. The van der Waals surface area contributed by atoms with Gasteiger partial charge in [0.05, 0.1) is 10.2 Å². The van der Waals surface area contributed by atoms with E-state index < -0.39 is 0 Å². The van der Waals surface area contributed by atoms with Gasteiger partial charge in [-0.15, -0.1) is 0 Å². The number of carbonyl (C=O) groups excluding carboxylic acids is 1. The molecule has 0 atom stereocenters. The van der Waals surface area contributed by atoms with Crippen LogP contribution in [0.4, 0.5) is 5.13 Å². The molecular formula is C9H8N4OS. The van der Waals surface area contributed by atoms with Gasteiger partial charge in [0.25, 0.3) is 0 Å². The summed E-state index contributed by atoms with van der Waals surface area (Å²) < 4.78 is 1.04. The van der Waals surface area contributed by atoms with Gasteiger partial charge in [0.15, 0.2) is 5.13 Å². The molecule has 0 saturated heterocycles. The molecule has 1 aromatic heterocycles. The first-order chi connectivity index (χ1) is 7.29. The maximum atomic E-state index is 10.1. The molecule has 3 N–H and O–H groups in total. The molecule has 76 valence electrons. The predicted molar refractivity (Wildman–Crippen MR) is 60.2 cm³/mol. The van der Waals surface area contributed by atoms with E-state index in [1.807, 2.05) is 24.3 Å². The fourth-order valence-corrected chi connectivity index (χ4v) is 2.00. The lowest BCUT2D eigenvalue weighted by Crippen LogP contribution is -2.27. The molecule has 5 nitrogen and oxygen atoms in total. The quantitative estimate of drug-likeness (QED) is 0.406. The number of benzene rings is 1. The highest BCUT2D eigenvalue weighted by atomic mass is 32.1. The van der Waals surface area contributed by atoms with Crippen LogP contribution in [0.25, 0.3) is 10.2 Å². The first kappa shape index (κ1) is 9.60. The molecule has 0 unspecified atom stereocenters. The van der Waals surface area contributed by atoms with Gasteiger partial charge in [-0.1, -0.05) is 23.5 Å². The Labute approximate surface area is 89.6 Å². The van der Waals surface area contributed by atoms with Gasteiger partial charge in [0, 0.05) is 0 Å². The predicted octanol–water partition coefficient (Wildman–Crippen LogP) is 1.39.